The van der Waals surface area contributed by atoms with Gasteiger partial charge in [0.25, 0.3) is 0 Å². The molecular formula is C11H20N2O4. The van der Waals surface area contributed by atoms with Gasteiger partial charge < -0.3 is 14.8 Å². The Balaban J connectivity index is 2.70. The van der Waals surface area contributed by atoms with Crippen LogP contribution in [0.15, 0.2) is 0 Å². The van der Waals surface area contributed by atoms with Gasteiger partial charge in [0.2, 0.25) is 5.91 Å². The third-order valence-electron chi connectivity index (χ3n) is 2.87. The normalized spacial score (nSPS) is 22.9. The first-order valence-electron chi connectivity index (χ1n) is 5.80. The Kier molecular flexibility index (Phi) is 5.37. The van der Waals surface area contributed by atoms with Crippen molar-refractivity contribution in [3.05, 3.63) is 0 Å². The molecule has 1 heterocycles. The predicted molar refractivity (Wildman–Crippen MR) is 61.5 cm³/mol. The number of nitrogens with one attached hydrogen (secondary N) is 1. The Morgan fingerprint density at radius 2 is 2.29 bits per heavy atom. The zero-order valence-corrected chi connectivity index (χ0v) is 10.6. The molecule has 1 saturated heterocycles. The predicted octanol–water partition coefficient (Wildman–Crippen LogP) is -0.615. The molecule has 17 heavy (non-hydrogen) atoms. The molecule has 6 heteroatoms. The van der Waals surface area contributed by atoms with Gasteiger partial charge in [-0.25, -0.2) is 0 Å². The molecule has 2 unspecified atom stereocenters. The summed E-state index contributed by atoms with van der Waals surface area (Å²) in [6.45, 7) is 5.58. The van der Waals surface area contributed by atoms with Crippen molar-refractivity contribution in [2.75, 3.05) is 33.4 Å². The number of nitrogens with zero attached hydrogens (tertiary/aromatic N) is 1. The molecule has 0 aromatic heterocycles. The highest BCUT2D eigenvalue weighted by molar-refractivity contribution is 5.83. The number of hydrogen-bond acceptors (Lipinski definition) is 5. The Morgan fingerprint density at radius 1 is 1.59 bits per heavy atom. The molecule has 1 aliphatic rings. The molecule has 98 valence electrons. The molecule has 1 rings (SSSR count). The van der Waals surface area contributed by atoms with Crippen LogP contribution < -0.4 is 5.32 Å². The van der Waals surface area contributed by atoms with Gasteiger partial charge >= 0.3 is 5.97 Å². The van der Waals surface area contributed by atoms with Crippen LogP contribution in [0.2, 0.25) is 0 Å². The fourth-order valence-electron chi connectivity index (χ4n) is 1.89. The van der Waals surface area contributed by atoms with Crippen molar-refractivity contribution in [3.8, 4) is 0 Å². The molecule has 6 nitrogen and oxygen atoms in total. The minimum Gasteiger partial charge on any atom is -0.468 e. The number of likely N-dealkylation sites (N-methyl/N-ethyl adjacent to an activating group) is 1. The monoisotopic (exact) mass is 244 g/mol. The molecule has 1 amide bonds. The summed E-state index contributed by atoms with van der Waals surface area (Å²) < 4.78 is 9.97. The Bertz CT molecular complexity index is 283. The average Bonchev–Trinajstić information content (AvgIpc) is 2.37. The van der Waals surface area contributed by atoms with Crippen LogP contribution in [0.1, 0.15) is 13.8 Å². The third kappa shape index (κ3) is 3.41. The summed E-state index contributed by atoms with van der Waals surface area (Å²) in [5, 5.41) is 2.75. The number of carbonyl (C=O) groups excluding carboxylic acids is 2. The number of amides is 1. The number of ether oxygens (including phenoxy) is 2. The smallest absolute Gasteiger partial charge is 0.325 e. The van der Waals surface area contributed by atoms with E-state index < -0.39 is 6.04 Å². The van der Waals surface area contributed by atoms with Crippen LogP contribution in [0.25, 0.3) is 0 Å². The molecule has 0 aromatic carbocycles. The fraction of sp³-hybridized carbons (Fsp3) is 0.818. The third-order valence-corrected chi connectivity index (χ3v) is 2.87. The Labute approximate surface area is 101 Å². The van der Waals surface area contributed by atoms with Crippen LogP contribution in [0.3, 0.4) is 0 Å². The number of rotatable bonds is 4. The first-order valence-corrected chi connectivity index (χ1v) is 5.80. The van der Waals surface area contributed by atoms with Crippen LogP contribution >= 0.6 is 0 Å². The second-order valence-electron chi connectivity index (χ2n) is 3.92. The maximum atomic E-state index is 11.8. The highest BCUT2D eigenvalue weighted by Gasteiger charge is 2.35. The largest absolute Gasteiger partial charge is 0.468 e. The zero-order chi connectivity index (χ0) is 12.8. The molecule has 0 spiro atoms. The molecule has 0 aromatic rings. The van der Waals surface area contributed by atoms with Crippen molar-refractivity contribution in [2.24, 2.45) is 0 Å². The second-order valence-corrected chi connectivity index (χ2v) is 3.92. The molecule has 1 fully saturated rings. The van der Waals surface area contributed by atoms with Crippen LogP contribution in [0, 0.1) is 0 Å². The van der Waals surface area contributed by atoms with Gasteiger partial charge in [-0.05, 0) is 13.8 Å². The van der Waals surface area contributed by atoms with Gasteiger partial charge in [0.15, 0.2) is 0 Å². The van der Waals surface area contributed by atoms with E-state index in [9.17, 15) is 9.59 Å². The lowest BCUT2D eigenvalue weighted by molar-refractivity contribution is -0.156. The summed E-state index contributed by atoms with van der Waals surface area (Å²) in [6, 6.07) is -0.852. The van der Waals surface area contributed by atoms with E-state index in [0.717, 1.165) is 0 Å². The molecule has 1 aliphatic heterocycles. The van der Waals surface area contributed by atoms with Gasteiger partial charge in [-0.15, -0.1) is 0 Å². The number of methoxy groups -OCH3 is 1. The van der Waals surface area contributed by atoms with Gasteiger partial charge in [0.1, 0.15) is 6.04 Å². The number of hydrogen-bond donors (Lipinski definition) is 1. The first-order chi connectivity index (χ1) is 8.11. The summed E-state index contributed by atoms with van der Waals surface area (Å²) in [4.78, 5) is 25.2. The number of morpholine rings is 1. The van der Waals surface area contributed by atoms with E-state index in [1.165, 1.54) is 7.11 Å². The van der Waals surface area contributed by atoms with Crippen molar-refractivity contribution < 1.29 is 19.1 Å². The Morgan fingerprint density at radius 3 is 2.88 bits per heavy atom. The van der Waals surface area contributed by atoms with E-state index in [1.807, 2.05) is 11.8 Å². The van der Waals surface area contributed by atoms with E-state index in [1.54, 1.807) is 6.92 Å². The van der Waals surface area contributed by atoms with Gasteiger partial charge in [0, 0.05) is 13.1 Å². The first kappa shape index (κ1) is 13.9. The van der Waals surface area contributed by atoms with Crippen LogP contribution in [0.5, 0.6) is 0 Å². The summed E-state index contributed by atoms with van der Waals surface area (Å²) in [6.07, 6.45) is 0. The molecule has 0 aliphatic carbocycles. The SMILES string of the molecule is CCNC(=O)C(C)N1CCOCC1C(=O)OC. The maximum Gasteiger partial charge on any atom is 0.325 e. The summed E-state index contributed by atoms with van der Waals surface area (Å²) >= 11 is 0. The molecule has 1 N–H and O–H groups in total. The van der Waals surface area contributed by atoms with E-state index in [0.29, 0.717) is 19.7 Å². The minimum atomic E-state index is -0.494. The van der Waals surface area contributed by atoms with E-state index in [4.69, 9.17) is 9.47 Å². The van der Waals surface area contributed by atoms with Crippen molar-refractivity contribution >= 4 is 11.9 Å². The van der Waals surface area contributed by atoms with Gasteiger partial charge in [-0.2, -0.15) is 0 Å². The standard InChI is InChI=1S/C11H20N2O4/c1-4-12-10(14)8(2)13-5-6-17-7-9(13)11(15)16-3/h8-9H,4-7H2,1-3H3,(H,12,14). The molecule has 2 atom stereocenters. The maximum absolute atomic E-state index is 11.8. The lowest BCUT2D eigenvalue weighted by atomic mass is 10.1. The van der Waals surface area contributed by atoms with E-state index in [2.05, 4.69) is 5.32 Å². The second kappa shape index (κ2) is 6.56. The van der Waals surface area contributed by atoms with Gasteiger partial charge in [-0.1, -0.05) is 0 Å². The highest BCUT2D eigenvalue weighted by atomic mass is 16.5. The number of esters is 1. The highest BCUT2D eigenvalue weighted by Crippen LogP contribution is 2.12. The van der Waals surface area contributed by atoms with Crippen LogP contribution in [-0.4, -0.2) is 62.3 Å². The summed E-state index contributed by atoms with van der Waals surface area (Å²) in [5.41, 5.74) is 0. The van der Waals surface area contributed by atoms with Crippen molar-refractivity contribution in [1.29, 1.82) is 0 Å². The number of carbonyl (C=O) groups is 2. The van der Waals surface area contributed by atoms with Gasteiger partial charge in [-0.3, -0.25) is 14.5 Å². The van der Waals surface area contributed by atoms with Crippen molar-refractivity contribution in [3.63, 3.8) is 0 Å². The molecule has 0 saturated carbocycles. The lowest BCUT2D eigenvalue weighted by Gasteiger charge is -2.36. The molecular weight excluding hydrogens is 224 g/mol. The molecule has 0 bridgehead atoms. The fourth-order valence-corrected chi connectivity index (χ4v) is 1.89. The topological polar surface area (TPSA) is 67.9 Å². The quantitative estimate of drug-likeness (QED) is 0.668. The van der Waals surface area contributed by atoms with Crippen LogP contribution in [0.4, 0.5) is 0 Å². The van der Waals surface area contributed by atoms with Crippen LogP contribution in [-0.2, 0) is 19.1 Å². The Hall–Kier alpha value is -1.14. The minimum absolute atomic E-state index is 0.0803. The summed E-state index contributed by atoms with van der Waals surface area (Å²) in [5.74, 6) is -0.441. The van der Waals surface area contributed by atoms with E-state index in [-0.39, 0.29) is 24.5 Å². The zero-order valence-electron chi connectivity index (χ0n) is 10.6. The molecule has 0 radical (unpaired) electrons. The van der Waals surface area contributed by atoms with Crippen molar-refractivity contribution in [1.82, 2.24) is 10.2 Å². The average molecular weight is 244 g/mol. The van der Waals surface area contributed by atoms with Gasteiger partial charge in [0.05, 0.1) is 26.4 Å². The van der Waals surface area contributed by atoms with Crippen molar-refractivity contribution in [2.45, 2.75) is 25.9 Å². The lowest BCUT2D eigenvalue weighted by Crippen LogP contribution is -2.57. The summed E-state index contributed by atoms with van der Waals surface area (Å²) in [7, 11) is 1.34. The van der Waals surface area contributed by atoms with E-state index >= 15 is 0 Å².